The maximum atomic E-state index is 13.4. The summed E-state index contributed by atoms with van der Waals surface area (Å²) in [6.45, 7) is 1.42. The number of amides is 2. The minimum Gasteiger partial charge on any atom is -0.500 e. The van der Waals surface area contributed by atoms with Crippen molar-refractivity contribution in [2.45, 2.75) is 18.0 Å². The second kappa shape index (κ2) is 11.2. The zero-order chi connectivity index (χ0) is 29.1. The van der Waals surface area contributed by atoms with Crippen LogP contribution in [0.1, 0.15) is 38.8 Å². The van der Waals surface area contributed by atoms with Gasteiger partial charge in [-0.2, -0.15) is 17.5 Å². The summed E-state index contributed by atoms with van der Waals surface area (Å²) in [5.74, 6) is 2.34. The van der Waals surface area contributed by atoms with Crippen molar-refractivity contribution in [1.82, 2.24) is 10.3 Å². The molecule has 8 nitrogen and oxygen atoms in total. The normalized spacial score (nSPS) is 23.7. The van der Waals surface area contributed by atoms with Gasteiger partial charge in [-0.1, -0.05) is 24.0 Å². The van der Waals surface area contributed by atoms with Crippen molar-refractivity contribution in [1.29, 1.82) is 0 Å². The van der Waals surface area contributed by atoms with Gasteiger partial charge in [-0.05, 0) is 43.3 Å². The average Bonchev–Trinajstić information content (AvgIpc) is 2.88. The smallest absolute Gasteiger partial charge is 0.397 e. The molecule has 0 saturated carbocycles. The van der Waals surface area contributed by atoms with Crippen molar-refractivity contribution in [2.24, 2.45) is 10.3 Å². The van der Waals surface area contributed by atoms with E-state index in [0.717, 1.165) is 6.08 Å². The van der Waals surface area contributed by atoms with Gasteiger partial charge < -0.3 is 15.8 Å². The molecule has 1 aromatic heterocycles. The van der Waals surface area contributed by atoms with Gasteiger partial charge in [0.25, 0.3) is 11.8 Å². The highest BCUT2D eigenvalue weighted by atomic mass is 35.5. The molecule has 0 bridgehead atoms. The number of carbonyl (C=O) groups excluding carboxylic acids is 2. The molecule has 1 aliphatic carbocycles. The van der Waals surface area contributed by atoms with Crippen LogP contribution in [0.2, 0.25) is 0 Å². The lowest BCUT2D eigenvalue weighted by molar-refractivity contribution is -0.166. The van der Waals surface area contributed by atoms with Gasteiger partial charge in [0.05, 0.1) is 43.7 Å². The molecule has 3 N–H and O–H groups in total. The molecule has 3 unspecified atom stereocenters. The fraction of sp³-hybridized carbons (Fsp3) is 0.222. The molecule has 0 saturated heterocycles. The molecule has 2 aromatic rings. The van der Waals surface area contributed by atoms with Crippen LogP contribution in [0.25, 0.3) is 0 Å². The summed E-state index contributed by atoms with van der Waals surface area (Å²) in [5, 5.41) is 3.70. The van der Waals surface area contributed by atoms with Gasteiger partial charge >= 0.3 is 6.18 Å². The summed E-state index contributed by atoms with van der Waals surface area (Å²) in [5.41, 5.74) is 6.63. The Morgan fingerprint density at radius 2 is 2.05 bits per heavy atom. The minimum absolute atomic E-state index is 0.0354. The van der Waals surface area contributed by atoms with Gasteiger partial charge in [-0.3, -0.25) is 9.59 Å². The first kappa shape index (κ1) is 28.9. The van der Waals surface area contributed by atoms with Crippen molar-refractivity contribution in [2.75, 3.05) is 18.1 Å². The predicted molar refractivity (Wildman–Crippen MR) is 144 cm³/mol. The quantitative estimate of drug-likeness (QED) is 0.400. The predicted octanol–water partition coefficient (Wildman–Crippen LogP) is 4.53. The summed E-state index contributed by atoms with van der Waals surface area (Å²) < 4.78 is 61.7. The van der Waals surface area contributed by atoms with Crippen molar-refractivity contribution in [3.63, 3.8) is 0 Å². The number of pyridine rings is 1. The van der Waals surface area contributed by atoms with Gasteiger partial charge in [-0.15, -0.1) is 11.6 Å². The van der Waals surface area contributed by atoms with Crippen molar-refractivity contribution >= 4 is 39.0 Å². The summed E-state index contributed by atoms with van der Waals surface area (Å²) in [6, 6.07) is 7.45. The molecule has 208 valence electrons. The van der Waals surface area contributed by atoms with Crippen LogP contribution in [0.15, 0.2) is 76.5 Å². The highest BCUT2D eigenvalue weighted by Gasteiger charge is 2.49. The Balaban J connectivity index is 1.53. The number of anilines is 1. The number of alkyl halides is 4. The summed E-state index contributed by atoms with van der Waals surface area (Å²) in [6.07, 6.45) is 1.23. The lowest BCUT2D eigenvalue weighted by Gasteiger charge is -2.32. The molecule has 0 spiro atoms. The SMILES string of the molecule is CC1(Cl)C=CC(NC(=O)c2cccc(C#Cc3cc(C(=O)N=S4(=O)C=COCC4)cnc3N)c2)=CC1C(F)(F)F. The lowest BCUT2D eigenvalue weighted by atomic mass is 9.87. The van der Waals surface area contributed by atoms with E-state index in [-0.39, 0.29) is 40.6 Å². The summed E-state index contributed by atoms with van der Waals surface area (Å²) in [7, 11) is -2.89. The zero-order valence-corrected chi connectivity index (χ0v) is 22.4. The van der Waals surface area contributed by atoms with Gasteiger partial charge in [-0.25, -0.2) is 9.19 Å². The fourth-order valence-electron chi connectivity index (χ4n) is 3.72. The Bertz CT molecular complexity index is 1640. The molecule has 2 amide bonds. The number of hydrogen-bond donors (Lipinski definition) is 2. The maximum Gasteiger partial charge on any atom is 0.397 e. The third-order valence-electron chi connectivity index (χ3n) is 5.88. The monoisotopic (exact) mass is 590 g/mol. The van der Waals surface area contributed by atoms with Gasteiger partial charge in [0, 0.05) is 28.4 Å². The van der Waals surface area contributed by atoms with E-state index in [1.54, 1.807) is 12.1 Å². The minimum atomic E-state index is -4.60. The molecular formula is C27H22ClF3N4O4S. The number of benzene rings is 1. The van der Waals surface area contributed by atoms with Crippen LogP contribution in [-0.2, 0) is 14.5 Å². The van der Waals surface area contributed by atoms with Crippen LogP contribution in [0.3, 0.4) is 0 Å². The number of nitrogen functional groups attached to an aromatic ring is 1. The first-order valence-electron chi connectivity index (χ1n) is 11.7. The van der Waals surface area contributed by atoms with E-state index in [2.05, 4.69) is 26.5 Å². The molecule has 1 aliphatic heterocycles. The highest BCUT2D eigenvalue weighted by molar-refractivity contribution is 7.96. The van der Waals surface area contributed by atoms with Crippen LogP contribution < -0.4 is 11.1 Å². The number of nitrogens with two attached hydrogens (primary N) is 1. The van der Waals surface area contributed by atoms with E-state index in [9.17, 15) is 27.0 Å². The number of hydrogen-bond acceptors (Lipinski definition) is 6. The van der Waals surface area contributed by atoms with E-state index in [4.69, 9.17) is 22.1 Å². The summed E-state index contributed by atoms with van der Waals surface area (Å²) >= 11 is 6.00. The molecule has 4 rings (SSSR count). The number of rotatable bonds is 3. The van der Waals surface area contributed by atoms with E-state index in [0.29, 0.717) is 5.56 Å². The van der Waals surface area contributed by atoms with Gasteiger partial charge in [0.2, 0.25) is 0 Å². The number of ether oxygens (including phenoxy) is 1. The number of carbonyl (C=O) groups is 2. The van der Waals surface area contributed by atoms with Crippen molar-refractivity contribution < 1.29 is 31.7 Å². The fourth-order valence-corrected chi connectivity index (χ4v) is 5.24. The van der Waals surface area contributed by atoms with Crippen LogP contribution in [0.5, 0.6) is 0 Å². The number of halogens is 4. The first-order chi connectivity index (χ1) is 18.8. The Morgan fingerprint density at radius 1 is 1.27 bits per heavy atom. The lowest BCUT2D eigenvalue weighted by Crippen LogP contribution is -2.40. The summed E-state index contributed by atoms with van der Waals surface area (Å²) in [4.78, 5) is 27.6. The molecule has 0 radical (unpaired) electrons. The number of allylic oxidation sites excluding steroid dienone is 3. The zero-order valence-electron chi connectivity index (χ0n) is 20.9. The first-order valence-corrected chi connectivity index (χ1v) is 13.8. The Kier molecular flexibility index (Phi) is 8.09. The topological polar surface area (TPSA) is 124 Å². The third kappa shape index (κ3) is 6.91. The van der Waals surface area contributed by atoms with Crippen LogP contribution >= 0.6 is 11.6 Å². The Morgan fingerprint density at radius 3 is 2.75 bits per heavy atom. The van der Waals surface area contributed by atoms with Crippen LogP contribution in [-0.4, -0.2) is 44.4 Å². The number of aromatic nitrogens is 1. The Hall–Kier alpha value is -4.08. The molecule has 2 aliphatic rings. The molecule has 0 fully saturated rings. The number of nitrogens with one attached hydrogen (secondary N) is 1. The van der Waals surface area contributed by atoms with E-state index >= 15 is 0 Å². The van der Waals surface area contributed by atoms with E-state index < -0.39 is 38.5 Å². The molecule has 3 atom stereocenters. The third-order valence-corrected chi connectivity index (χ3v) is 8.00. The molecule has 13 heteroatoms. The number of nitrogens with zero attached hydrogens (tertiary/aromatic N) is 2. The van der Waals surface area contributed by atoms with E-state index in [1.165, 1.54) is 55.1 Å². The van der Waals surface area contributed by atoms with Gasteiger partial charge in [0.1, 0.15) is 12.4 Å². The average molecular weight is 591 g/mol. The van der Waals surface area contributed by atoms with Gasteiger partial charge in [0.15, 0.2) is 0 Å². The molecule has 2 heterocycles. The Labute approximate surface area is 233 Å². The molecular weight excluding hydrogens is 569 g/mol. The van der Waals surface area contributed by atoms with Crippen molar-refractivity contribution in [3.8, 4) is 11.8 Å². The molecule has 1 aromatic carbocycles. The second-order valence-electron chi connectivity index (χ2n) is 9.00. The molecule has 40 heavy (non-hydrogen) atoms. The van der Waals surface area contributed by atoms with Crippen LogP contribution in [0.4, 0.5) is 19.0 Å². The maximum absolute atomic E-state index is 13.4. The highest BCUT2D eigenvalue weighted by Crippen LogP contribution is 2.42. The van der Waals surface area contributed by atoms with E-state index in [1.807, 2.05) is 0 Å². The standard InChI is InChI=1S/C27H22ClF3N4O4S/c1-26(28)8-7-21(15-22(26)27(29,30)31)34-24(36)19-4-2-3-17(13-19)5-6-18-14-20(16-33-23(18)32)25(37)35-40(38)11-9-39-10-12-40/h2-4,7-9,11,13-16,22H,10,12H2,1H3,(H2,32,33)(H,34,36). The van der Waals surface area contributed by atoms with Crippen LogP contribution in [0, 0.1) is 17.8 Å². The second-order valence-corrected chi connectivity index (χ2v) is 12.1. The van der Waals surface area contributed by atoms with Crippen molar-refractivity contribution in [3.05, 3.63) is 94.4 Å². The largest absolute Gasteiger partial charge is 0.500 e.